The second-order valence-corrected chi connectivity index (χ2v) is 5.68. The zero-order chi connectivity index (χ0) is 15.6. The Bertz CT molecular complexity index is 700. The molecule has 1 unspecified atom stereocenters. The average Bonchev–Trinajstić information content (AvgIpc) is 2.38. The van der Waals surface area contributed by atoms with Crippen molar-refractivity contribution >= 4 is 23.2 Å². The lowest BCUT2D eigenvalue weighted by Crippen LogP contribution is -2.08. The Labute approximate surface area is 134 Å². The third-order valence-electron chi connectivity index (χ3n) is 3.29. The van der Waals surface area contributed by atoms with E-state index in [0.717, 1.165) is 22.3 Å². The Morgan fingerprint density at radius 3 is 2.29 bits per heavy atom. The van der Waals surface area contributed by atoms with E-state index in [9.17, 15) is 5.26 Å². The van der Waals surface area contributed by atoms with E-state index in [4.69, 9.17) is 23.2 Å². The molecule has 0 fully saturated rings. The van der Waals surface area contributed by atoms with Crippen molar-refractivity contribution in [1.82, 2.24) is 9.97 Å². The van der Waals surface area contributed by atoms with Gasteiger partial charge in [0.15, 0.2) is 0 Å². The summed E-state index contributed by atoms with van der Waals surface area (Å²) in [7, 11) is 0. The maximum atomic E-state index is 9.62. The Morgan fingerprint density at radius 1 is 1.14 bits per heavy atom. The van der Waals surface area contributed by atoms with Crippen LogP contribution in [-0.2, 0) is 6.42 Å². The van der Waals surface area contributed by atoms with E-state index in [2.05, 4.69) is 22.1 Å². The summed E-state index contributed by atoms with van der Waals surface area (Å²) in [6.45, 7) is 5.97. The van der Waals surface area contributed by atoms with Gasteiger partial charge in [-0.25, -0.2) is 9.97 Å². The van der Waals surface area contributed by atoms with Crippen molar-refractivity contribution in [3.05, 3.63) is 56.6 Å². The van der Waals surface area contributed by atoms with E-state index in [1.165, 1.54) is 0 Å². The largest absolute Gasteiger partial charge is 0.224 e. The third kappa shape index (κ3) is 3.34. The van der Waals surface area contributed by atoms with Crippen LogP contribution in [0, 0.1) is 25.2 Å². The van der Waals surface area contributed by atoms with Crippen LogP contribution in [0.5, 0.6) is 0 Å². The van der Waals surface area contributed by atoms with Crippen LogP contribution in [0.1, 0.15) is 40.8 Å². The molecule has 3 nitrogen and oxygen atoms in total. The number of rotatable bonds is 3. The fourth-order valence-electron chi connectivity index (χ4n) is 2.48. The fourth-order valence-corrected chi connectivity index (χ4v) is 3.01. The van der Waals surface area contributed by atoms with Crippen LogP contribution in [0.2, 0.25) is 10.4 Å². The lowest BCUT2D eigenvalue weighted by Gasteiger charge is -2.15. The molecule has 0 amide bonds. The molecule has 0 radical (unpaired) electrons. The van der Waals surface area contributed by atoms with E-state index < -0.39 is 5.92 Å². The highest BCUT2D eigenvalue weighted by molar-refractivity contribution is 6.32. The third-order valence-corrected chi connectivity index (χ3v) is 3.78. The highest BCUT2D eigenvalue weighted by Crippen LogP contribution is 2.31. The highest BCUT2D eigenvalue weighted by Gasteiger charge is 2.22. The summed E-state index contributed by atoms with van der Waals surface area (Å²) < 4.78 is 0. The van der Waals surface area contributed by atoms with Crippen LogP contribution < -0.4 is 0 Å². The molecule has 21 heavy (non-hydrogen) atoms. The van der Waals surface area contributed by atoms with Crippen LogP contribution in [0.15, 0.2) is 18.2 Å². The van der Waals surface area contributed by atoms with Gasteiger partial charge in [-0.3, -0.25) is 0 Å². The van der Waals surface area contributed by atoms with Crippen LogP contribution in [0.25, 0.3) is 0 Å². The zero-order valence-electron chi connectivity index (χ0n) is 12.1. The van der Waals surface area contributed by atoms with Gasteiger partial charge in [0, 0.05) is 5.56 Å². The molecule has 1 aromatic heterocycles. The van der Waals surface area contributed by atoms with Crippen molar-refractivity contribution in [2.75, 3.05) is 0 Å². The molecule has 1 aromatic carbocycles. The van der Waals surface area contributed by atoms with Gasteiger partial charge in [-0.1, -0.05) is 47.9 Å². The molecule has 0 bridgehead atoms. The van der Waals surface area contributed by atoms with Crippen LogP contribution in [0.4, 0.5) is 0 Å². The molecule has 0 N–H and O–H groups in total. The minimum absolute atomic E-state index is 0.0665. The van der Waals surface area contributed by atoms with E-state index in [-0.39, 0.29) is 5.28 Å². The van der Waals surface area contributed by atoms with E-state index in [0.29, 0.717) is 17.3 Å². The first-order chi connectivity index (χ1) is 9.96. The van der Waals surface area contributed by atoms with Gasteiger partial charge in [-0.2, -0.15) is 5.26 Å². The van der Waals surface area contributed by atoms with Crippen molar-refractivity contribution in [2.24, 2.45) is 0 Å². The minimum atomic E-state index is -0.503. The van der Waals surface area contributed by atoms with E-state index in [1.54, 1.807) is 0 Å². The number of nitriles is 1. The summed E-state index contributed by atoms with van der Waals surface area (Å²) in [5, 5.41) is 10.0. The Kier molecular flexibility index (Phi) is 4.82. The fraction of sp³-hybridized carbons (Fsp3) is 0.312. The number of hydrogen-bond donors (Lipinski definition) is 0. The summed E-state index contributed by atoms with van der Waals surface area (Å²) in [5.74, 6) is -0.503. The number of hydrogen-bond acceptors (Lipinski definition) is 3. The number of aryl methyl sites for hydroxylation is 2. The molecular formula is C16H15Cl2N3. The molecule has 1 heterocycles. The van der Waals surface area contributed by atoms with Crippen molar-refractivity contribution in [2.45, 2.75) is 33.1 Å². The van der Waals surface area contributed by atoms with E-state index in [1.807, 2.05) is 32.9 Å². The first-order valence-electron chi connectivity index (χ1n) is 6.65. The lowest BCUT2D eigenvalue weighted by atomic mass is 9.91. The smallest absolute Gasteiger partial charge is 0.221 e. The van der Waals surface area contributed by atoms with Crippen LogP contribution in [-0.4, -0.2) is 9.97 Å². The predicted molar refractivity (Wildman–Crippen MR) is 84.8 cm³/mol. The predicted octanol–water partition coefficient (Wildman–Crippen LogP) is 4.62. The van der Waals surface area contributed by atoms with Crippen molar-refractivity contribution in [1.29, 1.82) is 5.26 Å². The normalized spacial score (nSPS) is 12.0. The first-order valence-corrected chi connectivity index (χ1v) is 7.41. The quantitative estimate of drug-likeness (QED) is 0.612. The van der Waals surface area contributed by atoms with Crippen LogP contribution in [0.3, 0.4) is 0 Å². The van der Waals surface area contributed by atoms with Gasteiger partial charge < -0.3 is 0 Å². The molecular weight excluding hydrogens is 305 g/mol. The molecule has 0 aliphatic carbocycles. The Balaban J connectivity index is 2.64. The summed E-state index contributed by atoms with van der Waals surface area (Å²) in [6.07, 6.45) is 0.647. The van der Waals surface area contributed by atoms with Crippen molar-refractivity contribution in [3.63, 3.8) is 0 Å². The van der Waals surface area contributed by atoms with Gasteiger partial charge in [-0.15, -0.1) is 0 Å². The number of nitrogens with zero attached hydrogens (tertiary/aromatic N) is 3. The summed E-state index contributed by atoms with van der Waals surface area (Å²) in [4.78, 5) is 8.22. The number of aromatic nitrogens is 2. The van der Waals surface area contributed by atoms with Crippen molar-refractivity contribution in [3.8, 4) is 6.07 Å². The molecule has 0 aliphatic rings. The molecule has 0 aliphatic heterocycles. The molecule has 2 aromatic rings. The maximum Gasteiger partial charge on any atom is 0.224 e. The zero-order valence-corrected chi connectivity index (χ0v) is 13.6. The minimum Gasteiger partial charge on any atom is -0.221 e. The SMILES string of the molecule is CCc1c(Cl)nc(Cl)nc1C(C#N)c1cc(C)cc(C)c1. The molecule has 0 saturated carbocycles. The Morgan fingerprint density at radius 2 is 1.76 bits per heavy atom. The Hall–Kier alpha value is -1.63. The molecule has 1 atom stereocenters. The highest BCUT2D eigenvalue weighted by atomic mass is 35.5. The van der Waals surface area contributed by atoms with Crippen LogP contribution >= 0.6 is 23.2 Å². The topological polar surface area (TPSA) is 49.6 Å². The molecule has 0 spiro atoms. The summed E-state index contributed by atoms with van der Waals surface area (Å²) >= 11 is 12.1. The van der Waals surface area contributed by atoms with Gasteiger partial charge in [0.2, 0.25) is 5.28 Å². The second kappa shape index (κ2) is 6.43. The first kappa shape index (κ1) is 15.8. The summed E-state index contributed by atoms with van der Waals surface area (Å²) in [6, 6.07) is 8.36. The van der Waals surface area contributed by atoms with Gasteiger partial charge in [0.1, 0.15) is 11.1 Å². The number of halogens is 2. The number of benzene rings is 1. The molecule has 5 heteroatoms. The molecule has 0 saturated heterocycles. The summed E-state index contributed by atoms with van der Waals surface area (Å²) in [5.41, 5.74) is 4.47. The average molecular weight is 320 g/mol. The van der Waals surface area contributed by atoms with E-state index >= 15 is 0 Å². The lowest BCUT2D eigenvalue weighted by molar-refractivity contribution is 0.891. The van der Waals surface area contributed by atoms with Gasteiger partial charge in [0.05, 0.1) is 11.8 Å². The molecule has 2 rings (SSSR count). The van der Waals surface area contributed by atoms with Crippen molar-refractivity contribution < 1.29 is 0 Å². The maximum absolute atomic E-state index is 9.62. The van der Waals surface area contributed by atoms with Gasteiger partial charge >= 0.3 is 0 Å². The monoisotopic (exact) mass is 319 g/mol. The van der Waals surface area contributed by atoms with Gasteiger partial charge in [0.25, 0.3) is 0 Å². The second-order valence-electron chi connectivity index (χ2n) is 4.98. The standard InChI is InChI=1S/C16H15Cl2N3/c1-4-12-14(20-16(18)21-15(12)17)13(8-19)11-6-9(2)5-10(3)7-11/h5-7,13H,4H2,1-3H3. The molecule has 108 valence electrons. The van der Waals surface area contributed by atoms with Gasteiger partial charge in [-0.05, 0) is 37.4 Å².